The molecular formula is C26H25F3N2O2. The summed E-state index contributed by atoms with van der Waals surface area (Å²) in [7, 11) is 0. The molecule has 7 heteroatoms. The Morgan fingerprint density at radius 3 is 2.27 bits per heavy atom. The number of hydrogen-bond donors (Lipinski definition) is 1. The van der Waals surface area contributed by atoms with Crippen LogP contribution in [0.4, 0.5) is 18.0 Å². The third kappa shape index (κ3) is 4.59. The van der Waals surface area contributed by atoms with Crippen LogP contribution in [0, 0.1) is 17.5 Å². The van der Waals surface area contributed by atoms with E-state index in [9.17, 15) is 18.0 Å². The van der Waals surface area contributed by atoms with E-state index in [0.29, 0.717) is 37.1 Å². The third-order valence-electron chi connectivity index (χ3n) is 6.29. The van der Waals surface area contributed by atoms with Gasteiger partial charge >= 0.3 is 6.09 Å². The zero-order chi connectivity index (χ0) is 23.6. The molecule has 4 rings (SSSR count). The lowest BCUT2D eigenvalue weighted by atomic mass is 9.85. The molecule has 1 aliphatic heterocycles. The van der Waals surface area contributed by atoms with E-state index in [2.05, 4.69) is 0 Å². The van der Waals surface area contributed by atoms with Gasteiger partial charge in [-0.3, -0.25) is 0 Å². The molecule has 1 aliphatic rings. The summed E-state index contributed by atoms with van der Waals surface area (Å²) in [6.45, 7) is 2.65. The van der Waals surface area contributed by atoms with E-state index in [1.165, 1.54) is 24.3 Å². The van der Waals surface area contributed by atoms with Gasteiger partial charge in [-0.1, -0.05) is 36.4 Å². The summed E-state index contributed by atoms with van der Waals surface area (Å²) in [5, 5.41) is 0. The first-order valence-corrected chi connectivity index (χ1v) is 10.8. The minimum Gasteiger partial charge on any atom is -0.438 e. The Hall–Kier alpha value is -3.32. The van der Waals surface area contributed by atoms with Gasteiger partial charge in [-0.2, -0.15) is 0 Å². The van der Waals surface area contributed by atoms with Gasteiger partial charge in [0.15, 0.2) is 0 Å². The maximum absolute atomic E-state index is 14.1. The van der Waals surface area contributed by atoms with E-state index in [-0.39, 0.29) is 11.9 Å². The number of rotatable bonds is 6. The fourth-order valence-electron chi connectivity index (χ4n) is 4.38. The second kappa shape index (κ2) is 9.27. The van der Waals surface area contributed by atoms with Crippen LogP contribution in [0.5, 0.6) is 0 Å². The monoisotopic (exact) mass is 454 g/mol. The van der Waals surface area contributed by atoms with Gasteiger partial charge in [0.05, 0.1) is 6.04 Å². The molecule has 0 aromatic heterocycles. The first kappa shape index (κ1) is 22.9. The Kier molecular flexibility index (Phi) is 6.42. The van der Waals surface area contributed by atoms with Crippen LogP contribution in [0.3, 0.4) is 0 Å². The topological polar surface area (TPSA) is 55.6 Å². The van der Waals surface area contributed by atoms with Gasteiger partial charge in [0.25, 0.3) is 0 Å². The molecule has 2 unspecified atom stereocenters. The molecule has 1 heterocycles. The van der Waals surface area contributed by atoms with Gasteiger partial charge in [0.2, 0.25) is 0 Å². The SMILES string of the molecule is CC(c1ccc(-c2ccc(F)cc2F)cc1)N1CCC(CCN)(c2ccc(F)cc2)OC1=O. The summed E-state index contributed by atoms with van der Waals surface area (Å²) >= 11 is 0. The number of nitrogens with two attached hydrogens (primary N) is 1. The Labute approximate surface area is 190 Å². The Bertz CT molecular complexity index is 1140. The van der Waals surface area contributed by atoms with E-state index in [0.717, 1.165) is 17.2 Å². The number of nitrogens with zero attached hydrogens (tertiary/aromatic N) is 1. The summed E-state index contributed by atoms with van der Waals surface area (Å²) in [5.74, 6) is -1.62. The number of hydrogen-bond acceptors (Lipinski definition) is 3. The Morgan fingerprint density at radius 1 is 1.00 bits per heavy atom. The summed E-state index contributed by atoms with van der Waals surface area (Å²) < 4.78 is 46.6. The molecule has 0 bridgehead atoms. The molecule has 2 N–H and O–H groups in total. The fourth-order valence-corrected chi connectivity index (χ4v) is 4.38. The Balaban J connectivity index is 1.52. The van der Waals surface area contributed by atoms with E-state index in [1.807, 2.05) is 19.1 Å². The second-order valence-electron chi connectivity index (χ2n) is 8.27. The van der Waals surface area contributed by atoms with Gasteiger partial charge in [-0.15, -0.1) is 0 Å². The minimum atomic E-state index is -0.889. The van der Waals surface area contributed by atoms with Crippen molar-refractivity contribution in [1.82, 2.24) is 4.90 Å². The average Bonchev–Trinajstić information content (AvgIpc) is 2.79. The molecule has 172 valence electrons. The maximum atomic E-state index is 14.1. The quantitative estimate of drug-likeness (QED) is 0.503. The lowest BCUT2D eigenvalue weighted by Gasteiger charge is -2.43. The molecule has 3 aromatic carbocycles. The van der Waals surface area contributed by atoms with Crippen molar-refractivity contribution in [2.75, 3.05) is 13.1 Å². The van der Waals surface area contributed by atoms with E-state index >= 15 is 0 Å². The number of carbonyl (C=O) groups is 1. The molecule has 1 fully saturated rings. The van der Waals surface area contributed by atoms with Crippen molar-refractivity contribution in [3.8, 4) is 11.1 Å². The smallest absolute Gasteiger partial charge is 0.411 e. The maximum Gasteiger partial charge on any atom is 0.411 e. The number of carbonyl (C=O) groups excluding carboxylic acids is 1. The highest BCUT2D eigenvalue weighted by molar-refractivity contribution is 5.70. The van der Waals surface area contributed by atoms with Crippen molar-refractivity contribution in [3.63, 3.8) is 0 Å². The molecule has 1 saturated heterocycles. The summed E-state index contributed by atoms with van der Waals surface area (Å²) in [6.07, 6.45) is 0.482. The van der Waals surface area contributed by atoms with Crippen molar-refractivity contribution in [3.05, 3.63) is 95.3 Å². The summed E-state index contributed by atoms with van der Waals surface area (Å²) in [4.78, 5) is 14.6. The first-order chi connectivity index (χ1) is 15.8. The largest absolute Gasteiger partial charge is 0.438 e. The molecular weight excluding hydrogens is 429 g/mol. The predicted octanol–water partition coefficient (Wildman–Crippen LogP) is 5.92. The number of cyclic esters (lactones) is 1. The van der Waals surface area contributed by atoms with Crippen molar-refractivity contribution in [1.29, 1.82) is 0 Å². The standard InChI is InChI=1S/C26H25F3N2O2/c1-17(18-2-4-19(5-3-18)23-11-10-22(28)16-24(23)29)31-15-13-26(12-14-30,33-25(31)32)20-6-8-21(27)9-7-20/h2-11,16-17H,12-15,30H2,1H3. The molecule has 4 nitrogen and oxygen atoms in total. The summed E-state index contributed by atoms with van der Waals surface area (Å²) in [5.41, 5.74) is 7.40. The number of benzene rings is 3. The van der Waals surface area contributed by atoms with Gasteiger partial charge in [-0.25, -0.2) is 18.0 Å². The highest BCUT2D eigenvalue weighted by Crippen LogP contribution is 2.39. The molecule has 2 atom stereocenters. The third-order valence-corrected chi connectivity index (χ3v) is 6.29. The normalized spacial score (nSPS) is 19.3. The van der Waals surface area contributed by atoms with Gasteiger partial charge in [-0.05, 0) is 54.4 Å². The van der Waals surface area contributed by atoms with Crippen LogP contribution in [0.2, 0.25) is 0 Å². The van der Waals surface area contributed by atoms with Crippen LogP contribution >= 0.6 is 0 Å². The minimum absolute atomic E-state index is 0.284. The predicted molar refractivity (Wildman–Crippen MR) is 120 cm³/mol. The number of halogens is 3. The number of amides is 1. The lowest BCUT2D eigenvalue weighted by molar-refractivity contribution is -0.0640. The molecule has 0 spiro atoms. The lowest BCUT2D eigenvalue weighted by Crippen LogP contribution is -2.49. The van der Waals surface area contributed by atoms with E-state index in [4.69, 9.17) is 10.5 Å². The zero-order valence-corrected chi connectivity index (χ0v) is 18.2. The van der Waals surface area contributed by atoms with Gasteiger partial charge in [0.1, 0.15) is 23.1 Å². The van der Waals surface area contributed by atoms with Crippen molar-refractivity contribution < 1.29 is 22.7 Å². The van der Waals surface area contributed by atoms with E-state index in [1.54, 1.807) is 29.2 Å². The number of ether oxygens (including phenoxy) is 1. The molecule has 3 aromatic rings. The van der Waals surface area contributed by atoms with Crippen LogP contribution in [-0.4, -0.2) is 24.1 Å². The molecule has 0 aliphatic carbocycles. The van der Waals surface area contributed by atoms with Crippen LogP contribution in [0.25, 0.3) is 11.1 Å². The van der Waals surface area contributed by atoms with E-state index < -0.39 is 23.3 Å². The molecule has 0 saturated carbocycles. The highest BCUT2D eigenvalue weighted by Gasteiger charge is 2.43. The average molecular weight is 454 g/mol. The van der Waals surface area contributed by atoms with Crippen LogP contribution in [-0.2, 0) is 10.3 Å². The highest BCUT2D eigenvalue weighted by atomic mass is 19.1. The van der Waals surface area contributed by atoms with Gasteiger partial charge in [0, 0.05) is 31.0 Å². The van der Waals surface area contributed by atoms with Crippen molar-refractivity contribution >= 4 is 6.09 Å². The van der Waals surface area contributed by atoms with Crippen LogP contribution < -0.4 is 5.73 Å². The fraction of sp³-hybridized carbons (Fsp3) is 0.269. The van der Waals surface area contributed by atoms with Gasteiger partial charge < -0.3 is 15.4 Å². The molecule has 0 radical (unpaired) electrons. The summed E-state index contributed by atoms with van der Waals surface area (Å²) in [6, 6.07) is 16.3. The molecule has 1 amide bonds. The Morgan fingerprint density at radius 2 is 1.67 bits per heavy atom. The second-order valence-corrected chi connectivity index (χ2v) is 8.27. The van der Waals surface area contributed by atoms with Crippen LogP contribution in [0.1, 0.15) is 36.9 Å². The van der Waals surface area contributed by atoms with Crippen LogP contribution in [0.15, 0.2) is 66.7 Å². The molecule has 33 heavy (non-hydrogen) atoms. The van der Waals surface area contributed by atoms with Crippen molar-refractivity contribution in [2.45, 2.75) is 31.4 Å². The first-order valence-electron chi connectivity index (χ1n) is 10.8. The van der Waals surface area contributed by atoms with Crippen molar-refractivity contribution in [2.24, 2.45) is 5.73 Å². The zero-order valence-electron chi connectivity index (χ0n) is 18.2.